The maximum Gasteiger partial charge on any atom is 0.250 e. The van der Waals surface area contributed by atoms with E-state index in [1.807, 2.05) is 0 Å². The Balaban J connectivity index is 2.97. The van der Waals surface area contributed by atoms with Gasteiger partial charge >= 0.3 is 0 Å². The normalized spacial score (nSPS) is 14.6. The predicted molar refractivity (Wildman–Crippen MR) is 88.0 cm³/mol. The van der Waals surface area contributed by atoms with E-state index in [1.54, 1.807) is 19.3 Å². The van der Waals surface area contributed by atoms with E-state index in [1.165, 1.54) is 4.57 Å². The van der Waals surface area contributed by atoms with E-state index >= 15 is 0 Å². The second-order valence-electron chi connectivity index (χ2n) is 5.27. The maximum atomic E-state index is 12.1. The van der Waals surface area contributed by atoms with Crippen LogP contribution in [0.15, 0.2) is 21.5 Å². The summed E-state index contributed by atoms with van der Waals surface area (Å²) in [4.78, 5) is 11.8. The van der Waals surface area contributed by atoms with E-state index < -0.39 is 11.4 Å². The first-order chi connectivity index (χ1) is 9.36. The molecule has 6 heteroatoms. The summed E-state index contributed by atoms with van der Waals surface area (Å²) in [6.07, 6.45) is 3.71. The highest BCUT2D eigenvalue weighted by Gasteiger charge is 2.24. The number of nitrogens with zero attached hydrogens (tertiary/aromatic N) is 1. The molecule has 1 aromatic rings. The molecule has 0 aromatic carbocycles. The van der Waals surface area contributed by atoms with Crippen molar-refractivity contribution < 1.29 is 4.55 Å². The lowest BCUT2D eigenvalue weighted by molar-refractivity contribution is 0.459. The van der Waals surface area contributed by atoms with Gasteiger partial charge in [-0.2, -0.15) is 0 Å². The van der Waals surface area contributed by atoms with Gasteiger partial charge in [0.05, 0.1) is 6.04 Å². The van der Waals surface area contributed by atoms with E-state index in [0.717, 1.165) is 22.9 Å². The van der Waals surface area contributed by atoms with Crippen molar-refractivity contribution in [3.05, 3.63) is 32.7 Å². The highest BCUT2D eigenvalue weighted by molar-refractivity contribution is 9.10. The fourth-order valence-electron chi connectivity index (χ4n) is 1.88. The second-order valence-corrected chi connectivity index (χ2v) is 7.46. The van der Waals surface area contributed by atoms with Crippen molar-refractivity contribution in [1.82, 2.24) is 9.29 Å². The van der Waals surface area contributed by atoms with Gasteiger partial charge in [-0.25, -0.2) is 0 Å². The van der Waals surface area contributed by atoms with E-state index in [9.17, 15) is 9.35 Å². The van der Waals surface area contributed by atoms with Gasteiger partial charge in [0.1, 0.15) is 5.75 Å². The van der Waals surface area contributed by atoms with Gasteiger partial charge in [-0.05, 0) is 33.8 Å². The second kappa shape index (κ2) is 8.22. The van der Waals surface area contributed by atoms with Gasteiger partial charge in [-0.15, -0.1) is 4.72 Å². The average molecular weight is 363 g/mol. The van der Waals surface area contributed by atoms with Crippen LogP contribution < -0.4 is 10.3 Å². The highest BCUT2D eigenvalue weighted by Crippen LogP contribution is 2.28. The molecule has 1 unspecified atom stereocenters. The number of aromatic nitrogens is 1. The number of halogens is 1. The fraction of sp³-hybridized carbons (Fsp3) is 0.643. The minimum Gasteiger partial charge on any atom is -0.598 e. The van der Waals surface area contributed by atoms with Crippen LogP contribution in [0.2, 0.25) is 0 Å². The molecule has 0 aliphatic heterocycles. The zero-order chi connectivity index (χ0) is 15.3. The predicted octanol–water partition coefficient (Wildman–Crippen LogP) is 2.90. The number of hydrogen-bond acceptors (Lipinski definition) is 3. The van der Waals surface area contributed by atoms with Crippen LogP contribution in [0, 0.1) is 5.92 Å². The quantitative estimate of drug-likeness (QED) is 0.758. The number of rotatable bonds is 7. The van der Waals surface area contributed by atoms with Crippen molar-refractivity contribution in [1.29, 1.82) is 0 Å². The van der Waals surface area contributed by atoms with Crippen molar-refractivity contribution in [2.75, 3.05) is 5.75 Å². The Hall–Kier alpha value is -0.300. The SMILES string of the molecule is CCCC[S@+]([O-])NC(c1cc(=O)n(C)cc1Br)C(C)C. The molecule has 0 saturated heterocycles. The molecule has 1 rings (SSSR count). The minimum absolute atomic E-state index is 0.0602. The number of hydrogen-bond donors (Lipinski definition) is 1. The van der Waals surface area contributed by atoms with Gasteiger partial charge in [-0.3, -0.25) is 4.79 Å². The monoisotopic (exact) mass is 362 g/mol. The van der Waals surface area contributed by atoms with Crippen LogP contribution in [0.5, 0.6) is 0 Å². The first kappa shape index (κ1) is 17.8. The highest BCUT2D eigenvalue weighted by atomic mass is 79.9. The third-order valence-electron chi connectivity index (χ3n) is 3.15. The summed E-state index contributed by atoms with van der Waals surface area (Å²) in [7, 11) is 1.72. The average Bonchev–Trinajstić information content (AvgIpc) is 2.38. The lowest BCUT2D eigenvalue weighted by atomic mass is 9.98. The molecule has 1 aromatic heterocycles. The van der Waals surface area contributed by atoms with E-state index in [4.69, 9.17) is 0 Å². The standard InChI is InChI=1S/C14H23BrN2O2S/c1-5-6-7-20(19)16-14(10(2)3)11-8-13(18)17(4)9-12(11)15/h8-10,14,16H,5-7H2,1-4H3/t14?,20-/m0/s1. The minimum atomic E-state index is -1.07. The van der Waals surface area contributed by atoms with Crippen LogP contribution in [-0.2, 0) is 18.4 Å². The largest absolute Gasteiger partial charge is 0.598 e. The zero-order valence-corrected chi connectivity index (χ0v) is 14.9. The van der Waals surface area contributed by atoms with E-state index in [-0.39, 0.29) is 17.5 Å². The Morgan fingerprint density at radius 1 is 1.50 bits per heavy atom. The van der Waals surface area contributed by atoms with Gasteiger partial charge in [0, 0.05) is 35.1 Å². The number of aryl methyl sites for hydroxylation is 1. The summed E-state index contributed by atoms with van der Waals surface area (Å²) in [5.74, 6) is 0.881. The number of unbranched alkanes of at least 4 members (excludes halogenated alkanes) is 1. The molecule has 0 radical (unpaired) electrons. The van der Waals surface area contributed by atoms with Gasteiger partial charge < -0.3 is 9.12 Å². The smallest absolute Gasteiger partial charge is 0.250 e. The van der Waals surface area contributed by atoms with E-state index in [0.29, 0.717) is 5.75 Å². The molecule has 2 atom stereocenters. The lowest BCUT2D eigenvalue weighted by Gasteiger charge is -2.24. The first-order valence-corrected chi connectivity index (χ1v) is 8.98. The molecule has 0 fully saturated rings. The van der Waals surface area contributed by atoms with Crippen molar-refractivity contribution in [3.63, 3.8) is 0 Å². The van der Waals surface area contributed by atoms with Crippen LogP contribution in [0.25, 0.3) is 0 Å². The molecule has 0 saturated carbocycles. The molecule has 114 valence electrons. The van der Waals surface area contributed by atoms with E-state index in [2.05, 4.69) is 41.4 Å². The Bertz CT molecular complexity index is 491. The third kappa shape index (κ3) is 4.91. The molecule has 0 spiro atoms. The topological polar surface area (TPSA) is 57.1 Å². The molecule has 0 bridgehead atoms. The molecule has 20 heavy (non-hydrogen) atoms. The van der Waals surface area contributed by atoms with Crippen LogP contribution in [0.4, 0.5) is 0 Å². The summed E-state index contributed by atoms with van der Waals surface area (Å²) in [6, 6.07) is 1.51. The molecular weight excluding hydrogens is 340 g/mol. The summed E-state index contributed by atoms with van der Waals surface area (Å²) < 4.78 is 17.6. The molecule has 0 aliphatic rings. The Morgan fingerprint density at radius 3 is 2.70 bits per heavy atom. The lowest BCUT2D eigenvalue weighted by Crippen LogP contribution is -2.34. The van der Waals surface area contributed by atoms with Crippen LogP contribution in [0.3, 0.4) is 0 Å². The fourth-order valence-corrected chi connectivity index (χ4v) is 3.90. The van der Waals surface area contributed by atoms with Gasteiger partial charge in [0.2, 0.25) is 0 Å². The summed E-state index contributed by atoms with van der Waals surface area (Å²) >= 11 is 2.42. The van der Waals surface area contributed by atoms with Crippen LogP contribution in [0.1, 0.15) is 45.2 Å². The number of pyridine rings is 1. The Kier molecular flexibility index (Phi) is 7.29. The maximum absolute atomic E-state index is 12.1. The summed E-state index contributed by atoms with van der Waals surface area (Å²) in [5, 5.41) is 0. The zero-order valence-electron chi connectivity index (χ0n) is 12.5. The van der Waals surface area contributed by atoms with Gasteiger partial charge in [-0.1, -0.05) is 27.2 Å². The van der Waals surface area contributed by atoms with Gasteiger partial charge in [0.15, 0.2) is 0 Å². The summed E-state index contributed by atoms with van der Waals surface area (Å²) in [5.41, 5.74) is 0.808. The van der Waals surface area contributed by atoms with Crippen molar-refractivity contribution >= 4 is 27.3 Å². The van der Waals surface area contributed by atoms with Gasteiger partial charge in [0.25, 0.3) is 5.56 Å². The summed E-state index contributed by atoms with van der Waals surface area (Å²) in [6.45, 7) is 6.19. The first-order valence-electron chi connectivity index (χ1n) is 6.87. The van der Waals surface area contributed by atoms with Crippen molar-refractivity contribution in [2.24, 2.45) is 13.0 Å². The molecule has 0 amide bonds. The third-order valence-corrected chi connectivity index (χ3v) is 4.99. The van der Waals surface area contributed by atoms with Crippen molar-refractivity contribution in [2.45, 2.75) is 39.7 Å². The van der Waals surface area contributed by atoms with Crippen LogP contribution in [-0.4, -0.2) is 14.9 Å². The number of nitrogens with one attached hydrogen (secondary N) is 1. The molecule has 1 heterocycles. The molecule has 0 aliphatic carbocycles. The molecule has 1 N–H and O–H groups in total. The molecule has 4 nitrogen and oxygen atoms in total. The molecular formula is C14H23BrN2O2S. The van der Waals surface area contributed by atoms with Crippen molar-refractivity contribution in [3.8, 4) is 0 Å². The van der Waals surface area contributed by atoms with Crippen LogP contribution >= 0.6 is 15.9 Å². The Morgan fingerprint density at radius 2 is 2.15 bits per heavy atom. The Labute approximate surface area is 132 Å².